The highest BCUT2D eigenvalue weighted by Gasteiger charge is 2.28. The van der Waals surface area contributed by atoms with Crippen LogP contribution in [0.3, 0.4) is 0 Å². The molecule has 1 heterocycles. The van der Waals surface area contributed by atoms with E-state index in [4.69, 9.17) is 11.6 Å². The molecule has 5 heteroatoms. The summed E-state index contributed by atoms with van der Waals surface area (Å²) in [5, 5.41) is 6.39. The number of nitrogens with one attached hydrogen (secondary N) is 2. The quantitative estimate of drug-likeness (QED) is 0.898. The van der Waals surface area contributed by atoms with Crippen LogP contribution in [-0.4, -0.2) is 24.0 Å². The Morgan fingerprint density at radius 2 is 2.05 bits per heavy atom. The molecule has 0 aromatic carbocycles. The zero-order valence-electron chi connectivity index (χ0n) is 12.3. The predicted octanol–water partition coefficient (Wildman–Crippen LogP) is 3.48. The number of hydrogen-bond acceptors (Lipinski definition) is 3. The third-order valence-corrected chi connectivity index (χ3v) is 4.33. The Morgan fingerprint density at radius 1 is 1.40 bits per heavy atom. The number of aromatic nitrogens is 1. The fourth-order valence-corrected chi connectivity index (χ4v) is 2.75. The van der Waals surface area contributed by atoms with Crippen LogP contribution >= 0.6 is 11.6 Å². The number of rotatable bonds is 3. The van der Waals surface area contributed by atoms with E-state index in [2.05, 4.69) is 29.5 Å². The zero-order valence-corrected chi connectivity index (χ0v) is 13.0. The molecule has 1 amide bonds. The normalized spacial score (nSPS) is 18.6. The molecule has 0 saturated heterocycles. The van der Waals surface area contributed by atoms with E-state index < -0.39 is 0 Å². The summed E-state index contributed by atoms with van der Waals surface area (Å²) < 4.78 is 0. The van der Waals surface area contributed by atoms with Crippen LogP contribution in [0, 0.1) is 5.41 Å². The first-order chi connectivity index (χ1) is 9.41. The van der Waals surface area contributed by atoms with Gasteiger partial charge in [-0.1, -0.05) is 25.4 Å². The van der Waals surface area contributed by atoms with Crippen LogP contribution in [0.1, 0.15) is 49.9 Å². The summed E-state index contributed by atoms with van der Waals surface area (Å²) in [6, 6.07) is 1.93. The van der Waals surface area contributed by atoms with E-state index in [0.717, 1.165) is 25.7 Å². The first-order valence-electron chi connectivity index (χ1n) is 7.05. The van der Waals surface area contributed by atoms with E-state index in [1.807, 2.05) is 0 Å². The highest BCUT2D eigenvalue weighted by Crippen LogP contribution is 2.35. The molecule has 110 valence electrons. The van der Waals surface area contributed by atoms with Crippen LogP contribution < -0.4 is 10.6 Å². The van der Waals surface area contributed by atoms with Crippen molar-refractivity contribution in [1.29, 1.82) is 0 Å². The minimum atomic E-state index is -0.112. The topological polar surface area (TPSA) is 54.0 Å². The van der Waals surface area contributed by atoms with E-state index >= 15 is 0 Å². The first kappa shape index (κ1) is 15.1. The Labute approximate surface area is 125 Å². The number of carbonyl (C=O) groups is 1. The molecule has 1 aromatic heterocycles. The SMILES string of the molecule is CNc1cc(C(=O)NC2CCC(C)(C)CC2)c(Cl)cn1. The van der Waals surface area contributed by atoms with Gasteiger partial charge in [-0.05, 0) is 37.2 Å². The summed E-state index contributed by atoms with van der Waals surface area (Å²) in [4.78, 5) is 16.4. The molecule has 1 saturated carbocycles. The fourth-order valence-electron chi connectivity index (χ4n) is 2.56. The fraction of sp³-hybridized carbons (Fsp3) is 0.600. The Balaban J connectivity index is 2.02. The second-order valence-electron chi connectivity index (χ2n) is 6.21. The van der Waals surface area contributed by atoms with Crippen LogP contribution in [0.25, 0.3) is 0 Å². The van der Waals surface area contributed by atoms with Gasteiger partial charge in [0.1, 0.15) is 5.82 Å². The molecule has 0 radical (unpaired) electrons. The maximum Gasteiger partial charge on any atom is 0.253 e. The molecule has 1 aliphatic rings. The van der Waals surface area contributed by atoms with E-state index in [1.54, 1.807) is 13.1 Å². The zero-order chi connectivity index (χ0) is 14.8. The Bertz CT molecular complexity index is 492. The van der Waals surface area contributed by atoms with Gasteiger partial charge >= 0.3 is 0 Å². The molecule has 4 nitrogen and oxygen atoms in total. The van der Waals surface area contributed by atoms with Gasteiger partial charge in [-0.2, -0.15) is 0 Å². The number of pyridine rings is 1. The standard InChI is InChI=1S/C15H22ClN3O/c1-15(2)6-4-10(5-7-15)19-14(20)11-8-13(17-3)18-9-12(11)16/h8-10H,4-7H2,1-3H3,(H,17,18)(H,19,20). The molecular formula is C15H22ClN3O. The van der Waals surface area contributed by atoms with E-state index in [-0.39, 0.29) is 11.9 Å². The third-order valence-electron chi connectivity index (χ3n) is 4.03. The highest BCUT2D eigenvalue weighted by atomic mass is 35.5. The third kappa shape index (κ3) is 3.63. The molecule has 0 atom stereocenters. The van der Waals surface area contributed by atoms with Crippen LogP contribution in [0.5, 0.6) is 0 Å². The lowest BCUT2D eigenvalue weighted by atomic mass is 9.75. The summed E-state index contributed by atoms with van der Waals surface area (Å²) in [5.41, 5.74) is 0.880. The lowest BCUT2D eigenvalue weighted by molar-refractivity contribution is 0.0909. The average Bonchev–Trinajstić information content (AvgIpc) is 2.41. The smallest absolute Gasteiger partial charge is 0.253 e. The number of anilines is 1. The van der Waals surface area contributed by atoms with Gasteiger partial charge in [0.25, 0.3) is 5.91 Å². The highest BCUT2D eigenvalue weighted by molar-refractivity contribution is 6.33. The minimum absolute atomic E-state index is 0.112. The molecule has 2 N–H and O–H groups in total. The van der Waals surface area contributed by atoms with Crippen LogP contribution in [0.2, 0.25) is 5.02 Å². The van der Waals surface area contributed by atoms with Gasteiger partial charge < -0.3 is 10.6 Å². The van der Waals surface area contributed by atoms with Gasteiger partial charge in [-0.3, -0.25) is 4.79 Å². The second-order valence-corrected chi connectivity index (χ2v) is 6.62. The van der Waals surface area contributed by atoms with Crippen molar-refractivity contribution in [3.8, 4) is 0 Å². The molecule has 2 rings (SSSR count). The van der Waals surface area contributed by atoms with E-state index in [0.29, 0.717) is 21.8 Å². The lowest BCUT2D eigenvalue weighted by Crippen LogP contribution is -2.39. The molecule has 20 heavy (non-hydrogen) atoms. The monoisotopic (exact) mass is 295 g/mol. The number of halogens is 1. The summed E-state index contributed by atoms with van der Waals surface area (Å²) in [6.45, 7) is 4.56. The summed E-state index contributed by atoms with van der Waals surface area (Å²) >= 11 is 6.06. The van der Waals surface area contributed by atoms with E-state index in [1.165, 1.54) is 6.20 Å². The average molecular weight is 296 g/mol. The molecule has 1 aliphatic carbocycles. The van der Waals surface area contributed by atoms with Crippen molar-refractivity contribution in [3.63, 3.8) is 0 Å². The molecule has 1 aromatic rings. The Kier molecular flexibility index (Phi) is 4.53. The van der Waals surface area contributed by atoms with Crippen molar-refractivity contribution in [2.75, 3.05) is 12.4 Å². The van der Waals surface area contributed by atoms with E-state index in [9.17, 15) is 4.79 Å². The molecule has 0 unspecified atom stereocenters. The number of nitrogens with zero attached hydrogens (tertiary/aromatic N) is 1. The lowest BCUT2D eigenvalue weighted by Gasteiger charge is -2.34. The van der Waals surface area contributed by atoms with Crippen molar-refractivity contribution in [3.05, 3.63) is 22.8 Å². The largest absolute Gasteiger partial charge is 0.373 e. The molecular weight excluding hydrogens is 274 g/mol. The summed E-state index contributed by atoms with van der Waals surface area (Å²) in [7, 11) is 1.77. The maximum absolute atomic E-state index is 12.3. The minimum Gasteiger partial charge on any atom is -0.373 e. The Morgan fingerprint density at radius 3 is 2.65 bits per heavy atom. The van der Waals surface area contributed by atoms with Crippen LogP contribution in [0.15, 0.2) is 12.3 Å². The van der Waals surface area contributed by atoms with Crippen molar-refractivity contribution < 1.29 is 4.79 Å². The van der Waals surface area contributed by atoms with Crippen molar-refractivity contribution in [2.45, 2.75) is 45.6 Å². The molecule has 0 bridgehead atoms. The van der Waals surface area contributed by atoms with Gasteiger partial charge in [0, 0.05) is 19.3 Å². The summed E-state index contributed by atoms with van der Waals surface area (Å²) in [5.74, 6) is 0.530. The van der Waals surface area contributed by atoms with Gasteiger partial charge in [-0.15, -0.1) is 0 Å². The van der Waals surface area contributed by atoms with Crippen LogP contribution in [-0.2, 0) is 0 Å². The number of carbonyl (C=O) groups excluding carboxylic acids is 1. The maximum atomic E-state index is 12.3. The van der Waals surface area contributed by atoms with Gasteiger partial charge in [0.05, 0.1) is 10.6 Å². The van der Waals surface area contributed by atoms with Gasteiger partial charge in [0.15, 0.2) is 0 Å². The molecule has 0 aliphatic heterocycles. The number of amides is 1. The molecule has 0 spiro atoms. The van der Waals surface area contributed by atoms with Gasteiger partial charge in [-0.25, -0.2) is 4.98 Å². The predicted molar refractivity (Wildman–Crippen MR) is 82.3 cm³/mol. The van der Waals surface area contributed by atoms with Crippen molar-refractivity contribution >= 4 is 23.3 Å². The first-order valence-corrected chi connectivity index (χ1v) is 7.43. The second kappa shape index (κ2) is 6.00. The van der Waals surface area contributed by atoms with Gasteiger partial charge in [0.2, 0.25) is 0 Å². The molecule has 1 fully saturated rings. The van der Waals surface area contributed by atoms with Crippen LogP contribution in [0.4, 0.5) is 5.82 Å². The van der Waals surface area contributed by atoms with Crippen molar-refractivity contribution in [1.82, 2.24) is 10.3 Å². The summed E-state index contributed by atoms with van der Waals surface area (Å²) in [6.07, 6.45) is 5.85. The Hall–Kier alpha value is -1.29. The van der Waals surface area contributed by atoms with Crippen molar-refractivity contribution in [2.24, 2.45) is 5.41 Å². The number of hydrogen-bond donors (Lipinski definition) is 2.